The number of aryl methyl sites for hydroxylation is 1. The predicted molar refractivity (Wildman–Crippen MR) is 82.4 cm³/mol. The molecule has 2 nitrogen and oxygen atoms in total. The molecular weight excluding hydrogens is 246 g/mol. The topological polar surface area (TPSA) is 21.3 Å². The van der Waals surface area contributed by atoms with Gasteiger partial charge in [-0.25, -0.2) is 0 Å². The first-order valence-electron chi connectivity index (χ1n) is 7.22. The van der Waals surface area contributed by atoms with Crippen LogP contribution in [0.25, 0.3) is 0 Å². The van der Waals surface area contributed by atoms with Gasteiger partial charge in [0, 0.05) is 12.0 Å². The summed E-state index contributed by atoms with van der Waals surface area (Å²) in [6, 6.07) is 17.8. The minimum absolute atomic E-state index is 0.403. The number of hydrogen-bond donors (Lipinski definition) is 1. The summed E-state index contributed by atoms with van der Waals surface area (Å²) in [6.07, 6.45) is 2.33. The fourth-order valence-corrected chi connectivity index (χ4v) is 3.32. The van der Waals surface area contributed by atoms with Crippen LogP contribution in [0.2, 0.25) is 0 Å². The summed E-state index contributed by atoms with van der Waals surface area (Å²) in [5.41, 5.74) is 4.26. The van der Waals surface area contributed by atoms with Gasteiger partial charge in [0.15, 0.2) is 0 Å². The van der Waals surface area contributed by atoms with Crippen LogP contribution in [0.5, 0.6) is 5.75 Å². The summed E-state index contributed by atoms with van der Waals surface area (Å²) >= 11 is 0. The first-order chi connectivity index (χ1) is 9.83. The normalized spacial score (nSPS) is 21.3. The van der Waals surface area contributed by atoms with Gasteiger partial charge in [0.1, 0.15) is 5.75 Å². The summed E-state index contributed by atoms with van der Waals surface area (Å²) in [6.45, 7) is 0. The molecule has 0 fully saturated rings. The smallest absolute Gasteiger partial charge is 0.119 e. The number of rotatable bonds is 3. The molecule has 3 rings (SSSR count). The molecule has 2 heteroatoms. The molecule has 0 saturated heterocycles. The van der Waals surface area contributed by atoms with Gasteiger partial charge in [0.05, 0.1) is 7.11 Å². The molecule has 0 heterocycles. The Morgan fingerprint density at radius 3 is 2.75 bits per heavy atom. The van der Waals surface area contributed by atoms with E-state index in [1.807, 2.05) is 6.07 Å². The van der Waals surface area contributed by atoms with E-state index in [4.69, 9.17) is 4.74 Å². The molecule has 0 amide bonds. The first-order valence-corrected chi connectivity index (χ1v) is 7.22. The maximum absolute atomic E-state index is 5.38. The van der Waals surface area contributed by atoms with Crippen molar-refractivity contribution < 1.29 is 4.74 Å². The van der Waals surface area contributed by atoms with E-state index in [0.717, 1.165) is 12.2 Å². The number of likely N-dealkylation sites (N-methyl/N-ethyl adjacent to an activating group) is 1. The highest BCUT2D eigenvalue weighted by atomic mass is 16.5. The molecule has 2 aromatic rings. The van der Waals surface area contributed by atoms with E-state index in [1.54, 1.807) is 7.11 Å². The lowest BCUT2D eigenvalue weighted by atomic mass is 9.75. The van der Waals surface area contributed by atoms with Crippen molar-refractivity contribution in [3.63, 3.8) is 0 Å². The molecule has 0 bridgehead atoms. The van der Waals surface area contributed by atoms with Gasteiger partial charge in [0.2, 0.25) is 0 Å². The minimum atomic E-state index is 0.403. The van der Waals surface area contributed by atoms with E-state index in [1.165, 1.54) is 23.1 Å². The van der Waals surface area contributed by atoms with Gasteiger partial charge in [-0.15, -0.1) is 0 Å². The highest BCUT2D eigenvalue weighted by Crippen LogP contribution is 2.37. The van der Waals surface area contributed by atoms with E-state index in [2.05, 4.69) is 54.8 Å². The lowest BCUT2D eigenvalue weighted by Crippen LogP contribution is -2.36. The van der Waals surface area contributed by atoms with E-state index < -0.39 is 0 Å². The second-order valence-corrected chi connectivity index (χ2v) is 5.39. The number of nitrogens with one attached hydrogen (secondary N) is 1. The summed E-state index contributed by atoms with van der Waals surface area (Å²) in [7, 11) is 3.79. The van der Waals surface area contributed by atoms with E-state index >= 15 is 0 Å². The van der Waals surface area contributed by atoms with Gasteiger partial charge in [-0.2, -0.15) is 0 Å². The maximum Gasteiger partial charge on any atom is 0.119 e. The molecule has 0 unspecified atom stereocenters. The van der Waals surface area contributed by atoms with Crippen LogP contribution in [-0.2, 0) is 6.42 Å². The van der Waals surface area contributed by atoms with Crippen LogP contribution in [0.4, 0.5) is 0 Å². The van der Waals surface area contributed by atoms with Crippen molar-refractivity contribution in [3.8, 4) is 5.75 Å². The molecule has 2 aromatic carbocycles. The third-order valence-corrected chi connectivity index (χ3v) is 4.34. The van der Waals surface area contributed by atoms with Crippen molar-refractivity contribution in [3.05, 3.63) is 65.2 Å². The summed E-state index contributed by atoms with van der Waals surface area (Å²) < 4.78 is 5.38. The lowest BCUT2D eigenvalue weighted by Gasteiger charge is -2.34. The monoisotopic (exact) mass is 267 g/mol. The maximum atomic E-state index is 5.38. The predicted octanol–water partition coefficient (Wildman–Crippen LogP) is 3.36. The molecule has 1 aliphatic carbocycles. The summed E-state index contributed by atoms with van der Waals surface area (Å²) in [4.78, 5) is 0. The zero-order chi connectivity index (χ0) is 13.9. The van der Waals surface area contributed by atoms with Gasteiger partial charge >= 0.3 is 0 Å². The molecule has 1 aliphatic rings. The number of methoxy groups -OCH3 is 1. The largest absolute Gasteiger partial charge is 0.497 e. The van der Waals surface area contributed by atoms with Crippen LogP contribution in [-0.4, -0.2) is 20.2 Å². The van der Waals surface area contributed by atoms with Crippen LogP contribution in [0.1, 0.15) is 29.0 Å². The Balaban J connectivity index is 2.08. The SMILES string of the molecule is CN[C@@H]1CCc2ccccc2[C@@H]1c1cccc(OC)c1. The molecule has 20 heavy (non-hydrogen) atoms. The Hall–Kier alpha value is -1.80. The molecule has 0 aliphatic heterocycles. The van der Waals surface area contributed by atoms with Gasteiger partial charge in [-0.3, -0.25) is 0 Å². The fraction of sp³-hybridized carbons (Fsp3) is 0.333. The molecule has 104 valence electrons. The number of benzene rings is 2. The van der Waals surface area contributed by atoms with Crippen LogP contribution < -0.4 is 10.1 Å². The van der Waals surface area contributed by atoms with E-state index in [9.17, 15) is 0 Å². The summed E-state index contributed by atoms with van der Waals surface area (Å²) in [5.74, 6) is 1.33. The fourth-order valence-electron chi connectivity index (χ4n) is 3.32. The molecule has 2 atom stereocenters. The highest BCUT2D eigenvalue weighted by Gasteiger charge is 2.29. The van der Waals surface area contributed by atoms with Gasteiger partial charge in [0.25, 0.3) is 0 Å². The second kappa shape index (κ2) is 5.68. The van der Waals surface area contributed by atoms with E-state index in [0.29, 0.717) is 12.0 Å². The Bertz CT molecular complexity index is 593. The zero-order valence-electron chi connectivity index (χ0n) is 12.1. The molecule has 0 spiro atoms. The Morgan fingerprint density at radius 1 is 1.10 bits per heavy atom. The zero-order valence-corrected chi connectivity index (χ0v) is 12.1. The second-order valence-electron chi connectivity index (χ2n) is 5.39. The van der Waals surface area contributed by atoms with Crippen molar-refractivity contribution in [1.82, 2.24) is 5.32 Å². The lowest BCUT2D eigenvalue weighted by molar-refractivity contribution is 0.411. The van der Waals surface area contributed by atoms with Crippen molar-refractivity contribution in [2.45, 2.75) is 24.8 Å². The van der Waals surface area contributed by atoms with Crippen LogP contribution in [0, 0.1) is 0 Å². The summed E-state index contributed by atoms with van der Waals surface area (Å²) in [5, 5.41) is 3.49. The standard InChI is InChI=1S/C18H21NO/c1-19-17-11-10-13-6-3-4-9-16(13)18(17)14-7-5-8-15(12-14)20-2/h3-9,12,17-19H,10-11H2,1-2H3/t17-,18+/m1/s1. The van der Waals surface area contributed by atoms with Crippen molar-refractivity contribution in [2.75, 3.05) is 14.2 Å². The number of fused-ring (bicyclic) bond motifs is 1. The van der Waals surface area contributed by atoms with E-state index in [-0.39, 0.29) is 0 Å². The molecule has 0 saturated carbocycles. The Kier molecular flexibility index (Phi) is 3.75. The Morgan fingerprint density at radius 2 is 1.95 bits per heavy atom. The third-order valence-electron chi connectivity index (χ3n) is 4.34. The number of ether oxygens (including phenoxy) is 1. The van der Waals surface area contributed by atoms with Gasteiger partial charge < -0.3 is 10.1 Å². The van der Waals surface area contributed by atoms with Crippen molar-refractivity contribution in [1.29, 1.82) is 0 Å². The minimum Gasteiger partial charge on any atom is -0.497 e. The third kappa shape index (κ3) is 2.32. The van der Waals surface area contributed by atoms with Gasteiger partial charge in [-0.1, -0.05) is 36.4 Å². The molecular formula is C18H21NO. The quantitative estimate of drug-likeness (QED) is 0.920. The highest BCUT2D eigenvalue weighted by molar-refractivity contribution is 5.44. The first kappa shape index (κ1) is 13.2. The average molecular weight is 267 g/mol. The van der Waals surface area contributed by atoms with Crippen LogP contribution in [0.15, 0.2) is 48.5 Å². The molecule has 1 N–H and O–H groups in total. The van der Waals surface area contributed by atoms with Crippen LogP contribution >= 0.6 is 0 Å². The average Bonchev–Trinajstić information content (AvgIpc) is 2.53. The molecule has 0 radical (unpaired) electrons. The Labute approximate surface area is 120 Å². The molecule has 0 aromatic heterocycles. The van der Waals surface area contributed by atoms with Crippen LogP contribution in [0.3, 0.4) is 0 Å². The van der Waals surface area contributed by atoms with Crippen molar-refractivity contribution in [2.24, 2.45) is 0 Å². The van der Waals surface area contributed by atoms with Gasteiger partial charge in [-0.05, 0) is 48.7 Å². The number of hydrogen-bond acceptors (Lipinski definition) is 2. The van der Waals surface area contributed by atoms with Crippen molar-refractivity contribution >= 4 is 0 Å².